The van der Waals surface area contributed by atoms with Crippen LogP contribution in [0.5, 0.6) is 0 Å². The quantitative estimate of drug-likeness (QED) is 0.0516. The summed E-state index contributed by atoms with van der Waals surface area (Å²) < 4.78 is 29.7. The molecule has 0 aliphatic carbocycles. The van der Waals surface area contributed by atoms with Gasteiger partial charge in [-0.15, -0.1) is 0 Å². The molecule has 0 aliphatic heterocycles. The van der Waals surface area contributed by atoms with Crippen LogP contribution in [-0.4, -0.2) is 45.6 Å². The molecule has 0 saturated carbocycles. The first-order chi connectivity index (χ1) is 22.8. The monoisotopic (exact) mass is 690 g/mol. The first-order valence-corrected chi connectivity index (χ1v) is 22.4. The van der Waals surface area contributed by atoms with E-state index in [1.54, 1.807) is 0 Å². The van der Waals surface area contributed by atoms with Gasteiger partial charge in [-0.05, 0) is 27.1 Å². The molecule has 0 bridgehead atoms. The predicted molar refractivity (Wildman–Crippen MR) is 209 cm³/mol. The van der Waals surface area contributed by atoms with Gasteiger partial charge in [0.05, 0.1) is 7.11 Å². The van der Waals surface area contributed by atoms with Gasteiger partial charge in [0.15, 0.2) is 0 Å². The largest absolute Gasteiger partial charge is 0.397 e. The molecule has 6 heteroatoms. The van der Waals surface area contributed by atoms with Crippen LogP contribution in [0.1, 0.15) is 238 Å². The third-order valence-corrected chi connectivity index (χ3v) is 10.1. The van der Waals surface area contributed by atoms with Gasteiger partial charge in [-0.25, -0.2) is 0 Å². The third-order valence-electron chi connectivity index (χ3n) is 9.67. The highest BCUT2D eigenvalue weighted by molar-refractivity contribution is 7.80. The molecule has 47 heavy (non-hydrogen) atoms. The highest BCUT2D eigenvalue weighted by atomic mass is 32.3. The summed E-state index contributed by atoms with van der Waals surface area (Å²) in [7, 11) is 1.08. The smallest absolute Gasteiger partial charge is 0.309 e. The minimum Gasteiger partial charge on any atom is -0.309 e. The highest BCUT2D eigenvalue weighted by Gasteiger charge is 1.98. The van der Waals surface area contributed by atoms with E-state index in [1.807, 2.05) is 0 Å². The molecular weight excluding hydrogens is 603 g/mol. The second-order valence-electron chi connectivity index (χ2n) is 14.8. The fraction of sp³-hybridized carbons (Fsp3) is 1.00. The van der Waals surface area contributed by atoms with E-state index in [4.69, 9.17) is 4.55 Å². The number of unbranched alkanes of at least 4 members (excludes halogenated alkanes) is 35. The van der Waals surface area contributed by atoms with Gasteiger partial charge in [-0.1, -0.05) is 232 Å². The van der Waals surface area contributed by atoms with Crippen molar-refractivity contribution in [2.75, 3.05) is 27.7 Å². The zero-order chi connectivity index (χ0) is 34.9. The van der Waals surface area contributed by atoms with Crippen molar-refractivity contribution in [2.45, 2.75) is 238 Å². The molecule has 0 rings (SSSR count). The van der Waals surface area contributed by atoms with Crippen molar-refractivity contribution in [1.29, 1.82) is 0 Å². The minimum absolute atomic E-state index is 0.870. The molecule has 0 radical (unpaired) electrons. The molecule has 0 atom stereocenters. The van der Waals surface area contributed by atoms with E-state index in [2.05, 4.69) is 30.1 Å². The summed E-state index contributed by atoms with van der Waals surface area (Å²) in [4.78, 5) is 2.31. The van der Waals surface area contributed by atoms with Crippen molar-refractivity contribution >= 4 is 10.4 Å². The first-order valence-electron chi connectivity index (χ1n) is 21.0. The third kappa shape index (κ3) is 52.8. The fourth-order valence-electron chi connectivity index (χ4n) is 6.51. The van der Waals surface area contributed by atoms with E-state index in [0.717, 1.165) is 7.11 Å². The first kappa shape index (κ1) is 48.9. The lowest BCUT2D eigenvalue weighted by Gasteiger charge is -2.08. The average molecular weight is 690 g/mol. The van der Waals surface area contributed by atoms with Gasteiger partial charge in [0.2, 0.25) is 0 Å². The lowest BCUT2D eigenvalue weighted by Crippen LogP contribution is -2.12. The van der Waals surface area contributed by atoms with E-state index in [-0.39, 0.29) is 0 Å². The Kier molecular flexibility index (Phi) is 43.7. The van der Waals surface area contributed by atoms with Crippen molar-refractivity contribution in [2.24, 2.45) is 0 Å². The summed E-state index contributed by atoms with van der Waals surface area (Å²) in [6.45, 7) is 3.57. The van der Waals surface area contributed by atoms with Gasteiger partial charge in [0.25, 0.3) is 0 Å². The van der Waals surface area contributed by atoms with Crippen LogP contribution < -0.4 is 0 Å². The van der Waals surface area contributed by atoms with Crippen LogP contribution in [0.2, 0.25) is 0 Å². The summed E-state index contributed by atoms with van der Waals surface area (Å²) >= 11 is 0. The SMILES string of the molecule is CCCCCCCCCCCCCCCCCCCCCCCCCCCCCCCCCCCCCCN(C)C.COS(=O)(=O)O. The zero-order valence-electron chi connectivity index (χ0n) is 32.7. The molecule has 0 aromatic heterocycles. The van der Waals surface area contributed by atoms with E-state index in [9.17, 15) is 8.42 Å². The second-order valence-corrected chi connectivity index (χ2v) is 16.0. The zero-order valence-corrected chi connectivity index (χ0v) is 33.5. The van der Waals surface area contributed by atoms with E-state index in [0.29, 0.717) is 0 Å². The Bertz CT molecular complexity index is 656. The maximum Gasteiger partial charge on any atom is 0.397 e. The average Bonchev–Trinajstić information content (AvgIpc) is 3.04. The van der Waals surface area contributed by atoms with Gasteiger partial charge in [0.1, 0.15) is 0 Å². The Morgan fingerprint density at radius 1 is 0.383 bits per heavy atom. The molecule has 0 amide bonds. The molecule has 0 spiro atoms. The molecular formula is C41H87NO4S. The van der Waals surface area contributed by atoms with Crippen LogP contribution in [0.25, 0.3) is 0 Å². The van der Waals surface area contributed by atoms with Gasteiger partial charge in [-0.3, -0.25) is 8.74 Å². The summed E-state index contributed by atoms with van der Waals surface area (Å²) in [6, 6.07) is 0. The Labute approximate surface area is 297 Å². The fourth-order valence-corrected chi connectivity index (χ4v) is 6.51. The number of hydrogen-bond acceptors (Lipinski definition) is 4. The molecule has 0 unspecified atom stereocenters. The maximum atomic E-state index is 9.33. The molecule has 5 nitrogen and oxygen atoms in total. The van der Waals surface area contributed by atoms with Crippen molar-refractivity contribution in [3.8, 4) is 0 Å². The molecule has 0 aromatic carbocycles. The van der Waals surface area contributed by atoms with Crippen LogP contribution in [0.4, 0.5) is 0 Å². The lowest BCUT2D eigenvalue weighted by molar-refractivity contribution is 0.324. The van der Waals surface area contributed by atoms with Crippen molar-refractivity contribution < 1.29 is 17.2 Å². The normalized spacial score (nSPS) is 11.7. The molecule has 0 aliphatic rings. The summed E-state index contributed by atoms with van der Waals surface area (Å²) in [6.07, 6.45) is 53.2. The Hall–Kier alpha value is -0.170. The predicted octanol–water partition coefficient (Wildman–Crippen LogP) is 14.0. The van der Waals surface area contributed by atoms with Crippen LogP contribution in [-0.2, 0) is 14.6 Å². The van der Waals surface area contributed by atoms with Crippen LogP contribution in [0.3, 0.4) is 0 Å². The van der Waals surface area contributed by atoms with E-state index >= 15 is 0 Å². The van der Waals surface area contributed by atoms with Gasteiger partial charge >= 0.3 is 10.4 Å². The highest BCUT2D eigenvalue weighted by Crippen LogP contribution is 2.17. The Balaban J connectivity index is 0. The number of nitrogens with zero attached hydrogens (tertiary/aromatic N) is 1. The molecule has 286 valence electrons. The van der Waals surface area contributed by atoms with Gasteiger partial charge in [-0.2, -0.15) is 8.42 Å². The standard InChI is InChI=1S/C40H83N.CH4O4S/c1-4-5-6-7-8-9-10-11-12-13-14-15-16-17-18-19-20-21-22-23-24-25-26-27-28-29-30-31-32-33-34-35-36-37-38-39-40-41(2)3;1-5-6(2,3)4/h4-40H2,1-3H3;1H3,(H,2,3,4). The molecule has 0 fully saturated rings. The second kappa shape index (κ2) is 42.0. The van der Waals surface area contributed by atoms with E-state index in [1.165, 1.54) is 238 Å². The Morgan fingerprint density at radius 2 is 0.532 bits per heavy atom. The molecule has 0 heterocycles. The number of rotatable bonds is 38. The summed E-state index contributed by atoms with van der Waals surface area (Å²) in [5.74, 6) is 0. The van der Waals surface area contributed by atoms with Crippen molar-refractivity contribution in [3.63, 3.8) is 0 Å². The summed E-state index contributed by atoms with van der Waals surface area (Å²) in [5, 5.41) is 0. The maximum absolute atomic E-state index is 9.33. The van der Waals surface area contributed by atoms with Gasteiger partial charge < -0.3 is 4.90 Å². The van der Waals surface area contributed by atoms with Crippen LogP contribution in [0, 0.1) is 0 Å². The van der Waals surface area contributed by atoms with E-state index < -0.39 is 10.4 Å². The minimum atomic E-state index is -4.16. The van der Waals surface area contributed by atoms with Crippen molar-refractivity contribution in [1.82, 2.24) is 4.90 Å². The van der Waals surface area contributed by atoms with Crippen LogP contribution in [0.15, 0.2) is 0 Å². The molecule has 0 aromatic rings. The lowest BCUT2D eigenvalue weighted by atomic mass is 10.0. The topological polar surface area (TPSA) is 66.8 Å². The summed E-state index contributed by atoms with van der Waals surface area (Å²) in [5.41, 5.74) is 0. The molecule has 0 saturated heterocycles. The molecule has 1 N–H and O–H groups in total. The van der Waals surface area contributed by atoms with Gasteiger partial charge in [0, 0.05) is 0 Å². The van der Waals surface area contributed by atoms with Crippen molar-refractivity contribution in [3.05, 3.63) is 0 Å². The van der Waals surface area contributed by atoms with Crippen LogP contribution >= 0.6 is 0 Å². The Morgan fingerprint density at radius 3 is 0.660 bits per heavy atom. The number of hydrogen-bond donors (Lipinski definition) is 1.